The third-order valence-corrected chi connectivity index (χ3v) is 3.83. The molecule has 0 saturated heterocycles. The number of para-hydroxylation sites is 1. The molecule has 1 aliphatic heterocycles. The van der Waals surface area contributed by atoms with Crippen molar-refractivity contribution in [3.05, 3.63) is 48.0 Å². The average molecular weight is 339 g/mol. The first-order chi connectivity index (χ1) is 11.3. The Morgan fingerprint density at radius 3 is 2.88 bits per heavy atom. The highest BCUT2D eigenvalue weighted by atomic mass is 19.4. The Morgan fingerprint density at radius 2 is 2.17 bits per heavy atom. The molecule has 1 aromatic carbocycles. The number of hydrogen-bond acceptors (Lipinski definition) is 3. The van der Waals surface area contributed by atoms with Crippen LogP contribution in [0.3, 0.4) is 0 Å². The summed E-state index contributed by atoms with van der Waals surface area (Å²) in [5.41, 5.74) is 0.947. The minimum Gasteiger partial charge on any atom is -0.480 e. The van der Waals surface area contributed by atoms with Gasteiger partial charge in [0.1, 0.15) is 18.1 Å². The highest BCUT2D eigenvalue weighted by molar-refractivity contribution is 5.82. The lowest BCUT2D eigenvalue weighted by atomic mass is 10.1. The van der Waals surface area contributed by atoms with E-state index in [-0.39, 0.29) is 18.3 Å². The van der Waals surface area contributed by atoms with E-state index in [9.17, 15) is 18.0 Å². The number of fused-ring (bicyclic) bond motifs is 1. The topological polar surface area (TPSA) is 47.4 Å². The van der Waals surface area contributed by atoms with E-state index in [2.05, 4.69) is 4.98 Å². The summed E-state index contributed by atoms with van der Waals surface area (Å²) in [4.78, 5) is 17.7. The lowest BCUT2D eigenvalue weighted by molar-refractivity contribution is -0.141. The van der Waals surface area contributed by atoms with Gasteiger partial charge in [-0.2, -0.15) is 13.2 Å². The molecular weight excluding hydrogens is 323 g/mol. The molecule has 0 spiro atoms. The van der Waals surface area contributed by atoms with Crippen LogP contribution in [-0.4, -0.2) is 39.7 Å². The molecule has 1 aliphatic rings. The fourth-order valence-electron chi connectivity index (χ4n) is 2.68. The zero-order chi connectivity index (χ0) is 17.3. The van der Waals surface area contributed by atoms with E-state index in [1.165, 1.54) is 24.3 Å². The first-order valence-electron chi connectivity index (χ1n) is 7.40. The molecule has 0 N–H and O–H groups in total. The van der Waals surface area contributed by atoms with E-state index in [0.29, 0.717) is 12.2 Å². The average Bonchev–Trinajstić information content (AvgIpc) is 3.11. The van der Waals surface area contributed by atoms with Gasteiger partial charge in [-0.25, -0.2) is 4.98 Å². The van der Waals surface area contributed by atoms with Crippen LogP contribution in [0.1, 0.15) is 11.4 Å². The van der Waals surface area contributed by atoms with Crippen LogP contribution in [0.25, 0.3) is 0 Å². The maximum absolute atomic E-state index is 12.5. The molecule has 0 aliphatic carbocycles. The third kappa shape index (κ3) is 3.52. The van der Waals surface area contributed by atoms with Crippen LogP contribution in [0.15, 0.2) is 36.7 Å². The summed E-state index contributed by atoms with van der Waals surface area (Å²) in [6.45, 7) is -1.14. The minimum absolute atomic E-state index is 0.0158. The second-order valence-electron chi connectivity index (χ2n) is 5.70. The molecule has 0 bridgehead atoms. The van der Waals surface area contributed by atoms with Crippen LogP contribution in [0, 0.1) is 0 Å². The van der Waals surface area contributed by atoms with Gasteiger partial charge in [-0.05, 0) is 11.6 Å². The smallest absolute Gasteiger partial charge is 0.406 e. The largest absolute Gasteiger partial charge is 0.480 e. The van der Waals surface area contributed by atoms with Crippen molar-refractivity contribution in [3.63, 3.8) is 0 Å². The molecule has 0 radical (unpaired) electrons. The van der Waals surface area contributed by atoms with Crippen molar-refractivity contribution in [2.45, 2.75) is 31.8 Å². The molecule has 5 nitrogen and oxygen atoms in total. The molecule has 1 aromatic heterocycles. The highest BCUT2D eigenvalue weighted by Crippen LogP contribution is 2.29. The molecule has 2 heterocycles. The van der Waals surface area contributed by atoms with Crippen molar-refractivity contribution < 1.29 is 22.7 Å². The van der Waals surface area contributed by atoms with E-state index in [4.69, 9.17) is 4.74 Å². The number of carbonyl (C=O) groups excluding carboxylic acids is 1. The third-order valence-electron chi connectivity index (χ3n) is 3.83. The quantitative estimate of drug-likeness (QED) is 0.859. The van der Waals surface area contributed by atoms with E-state index in [1.807, 2.05) is 18.2 Å². The zero-order valence-electron chi connectivity index (χ0n) is 13.0. The SMILES string of the molecule is CN(Cc1nccn1CC(F)(F)F)C(=O)[C@@H]1Cc2ccccc2O1. The van der Waals surface area contributed by atoms with Crippen molar-refractivity contribution in [1.29, 1.82) is 0 Å². The van der Waals surface area contributed by atoms with Crippen molar-refractivity contribution in [1.82, 2.24) is 14.5 Å². The lowest BCUT2D eigenvalue weighted by Crippen LogP contribution is -2.39. The molecule has 0 saturated carbocycles. The summed E-state index contributed by atoms with van der Waals surface area (Å²) in [5.74, 6) is 0.564. The van der Waals surface area contributed by atoms with Crippen LogP contribution >= 0.6 is 0 Å². The van der Waals surface area contributed by atoms with E-state index < -0.39 is 18.8 Å². The standard InChI is InChI=1S/C16H16F3N3O2/c1-21(9-14-20-6-7-22(14)10-16(17,18)19)15(23)13-8-11-4-2-3-5-12(11)24-13/h2-7,13H,8-10H2,1H3/t13-/m0/s1. The van der Waals surface area contributed by atoms with E-state index in [1.54, 1.807) is 6.07 Å². The monoisotopic (exact) mass is 339 g/mol. The molecule has 1 amide bonds. The van der Waals surface area contributed by atoms with Gasteiger partial charge in [-0.15, -0.1) is 0 Å². The Hall–Kier alpha value is -2.51. The van der Waals surface area contributed by atoms with Gasteiger partial charge in [0.25, 0.3) is 5.91 Å². The summed E-state index contributed by atoms with van der Waals surface area (Å²) in [6, 6.07) is 7.37. The van der Waals surface area contributed by atoms with Crippen molar-refractivity contribution in [2.24, 2.45) is 0 Å². The number of likely N-dealkylation sites (N-methyl/N-ethyl adjacent to an activating group) is 1. The number of rotatable bonds is 4. The number of aromatic nitrogens is 2. The molecule has 128 valence electrons. The van der Waals surface area contributed by atoms with Crippen LogP contribution in [0.5, 0.6) is 5.75 Å². The second-order valence-corrected chi connectivity index (χ2v) is 5.70. The van der Waals surface area contributed by atoms with Crippen LogP contribution in [0.4, 0.5) is 13.2 Å². The molecular formula is C16H16F3N3O2. The van der Waals surface area contributed by atoms with Crippen LogP contribution in [0.2, 0.25) is 0 Å². The number of nitrogens with zero attached hydrogens (tertiary/aromatic N) is 3. The van der Waals surface area contributed by atoms with Crippen LogP contribution < -0.4 is 4.74 Å². The Balaban J connectivity index is 1.65. The zero-order valence-corrected chi connectivity index (χ0v) is 13.0. The Kier molecular flexibility index (Phi) is 4.21. The number of amides is 1. The summed E-state index contributed by atoms with van der Waals surface area (Å²) < 4.78 is 44.2. The maximum atomic E-state index is 12.5. The normalized spacial score (nSPS) is 16.6. The van der Waals surface area contributed by atoms with Crippen molar-refractivity contribution in [3.8, 4) is 5.75 Å². The summed E-state index contributed by atoms with van der Waals surface area (Å²) in [5, 5.41) is 0. The van der Waals surface area contributed by atoms with E-state index >= 15 is 0 Å². The Bertz CT molecular complexity index is 717. The van der Waals surface area contributed by atoms with Gasteiger partial charge in [-0.1, -0.05) is 18.2 Å². The number of benzene rings is 1. The molecule has 1 atom stereocenters. The number of carbonyl (C=O) groups is 1. The first-order valence-corrected chi connectivity index (χ1v) is 7.40. The number of alkyl halides is 3. The molecule has 8 heteroatoms. The van der Waals surface area contributed by atoms with E-state index in [0.717, 1.165) is 10.1 Å². The fraction of sp³-hybridized carbons (Fsp3) is 0.375. The number of halogens is 3. The molecule has 2 aromatic rings. The lowest BCUT2D eigenvalue weighted by Gasteiger charge is -2.21. The van der Waals surface area contributed by atoms with Crippen molar-refractivity contribution in [2.75, 3.05) is 7.05 Å². The molecule has 0 fully saturated rings. The number of ether oxygens (including phenoxy) is 1. The maximum Gasteiger partial charge on any atom is 0.406 e. The van der Waals surface area contributed by atoms with Crippen molar-refractivity contribution >= 4 is 5.91 Å². The second kappa shape index (κ2) is 6.18. The highest BCUT2D eigenvalue weighted by Gasteiger charge is 2.32. The number of hydrogen-bond donors (Lipinski definition) is 0. The minimum atomic E-state index is -4.34. The van der Waals surface area contributed by atoms with Gasteiger partial charge in [0.2, 0.25) is 0 Å². The van der Waals surface area contributed by atoms with Gasteiger partial charge in [0.05, 0.1) is 6.54 Å². The predicted molar refractivity (Wildman–Crippen MR) is 79.3 cm³/mol. The summed E-state index contributed by atoms with van der Waals surface area (Å²) in [6.07, 6.45) is -1.99. The van der Waals surface area contributed by atoms with Gasteiger partial charge < -0.3 is 14.2 Å². The molecule has 24 heavy (non-hydrogen) atoms. The van der Waals surface area contributed by atoms with Gasteiger partial charge in [-0.3, -0.25) is 4.79 Å². The van der Waals surface area contributed by atoms with Gasteiger partial charge in [0, 0.05) is 25.9 Å². The summed E-state index contributed by atoms with van der Waals surface area (Å²) >= 11 is 0. The first kappa shape index (κ1) is 16.4. The molecule has 0 unspecified atom stereocenters. The molecule has 3 rings (SSSR count). The summed E-state index contributed by atoms with van der Waals surface area (Å²) in [7, 11) is 1.53. The van der Waals surface area contributed by atoms with Crippen LogP contribution in [-0.2, 0) is 24.3 Å². The number of imidazole rings is 1. The van der Waals surface area contributed by atoms with Gasteiger partial charge in [0.15, 0.2) is 6.10 Å². The fourth-order valence-corrected chi connectivity index (χ4v) is 2.68. The predicted octanol–water partition coefficient (Wildman–Crippen LogP) is 2.41. The Morgan fingerprint density at radius 1 is 1.42 bits per heavy atom. The Labute approximate surface area is 136 Å². The van der Waals surface area contributed by atoms with Gasteiger partial charge >= 0.3 is 6.18 Å².